The van der Waals surface area contributed by atoms with Gasteiger partial charge in [-0.3, -0.25) is 4.79 Å². The normalized spacial score (nSPS) is 11.9. The fraction of sp³-hybridized carbons (Fsp3) is 0.105. The van der Waals surface area contributed by atoms with Crippen molar-refractivity contribution in [2.24, 2.45) is 5.10 Å². The Hall–Kier alpha value is -2.88. The number of amides is 1. The molecule has 1 aromatic heterocycles. The summed E-state index contributed by atoms with van der Waals surface area (Å²) in [6, 6.07) is 12.4. The number of nitrogens with one attached hydrogen (secondary N) is 2. The van der Waals surface area contributed by atoms with Gasteiger partial charge < -0.3 is 9.84 Å². The van der Waals surface area contributed by atoms with Crippen molar-refractivity contribution in [1.82, 2.24) is 9.99 Å². The smallest absolute Gasteiger partial charge is 0.278 e. The number of sulfonamides is 1. The molecule has 0 aliphatic heterocycles. The predicted molar refractivity (Wildman–Crippen MR) is 115 cm³/mol. The maximum atomic E-state index is 12.5. The van der Waals surface area contributed by atoms with Crippen LogP contribution in [-0.2, 0) is 10.0 Å². The van der Waals surface area contributed by atoms with Crippen molar-refractivity contribution in [2.75, 3.05) is 5.32 Å². The van der Waals surface area contributed by atoms with Crippen LogP contribution >= 0.6 is 23.2 Å². The minimum Gasteiger partial charge on any atom is -0.361 e. The van der Waals surface area contributed by atoms with Crippen LogP contribution in [0.15, 0.2) is 63.1 Å². The predicted octanol–water partition coefficient (Wildman–Crippen LogP) is 4.24. The van der Waals surface area contributed by atoms with E-state index in [1.54, 1.807) is 38.1 Å². The highest BCUT2D eigenvalue weighted by Gasteiger charge is 2.18. The Morgan fingerprint density at radius 1 is 1.13 bits per heavy atom. The summed E-state index contributed by atoms with van der Waals surface area (Å²) in [6.45, 7) is 3.30. The van der Waals surface area contributed by atoms with Gasteiger partial charge in [0.15, 0.2) is 5.69 Å². The van der Waals surface area contributed by atoms with Crippen molar-refractivity contribution >= 4 is 50.5 Å². The lowest BCUT2D eigenvalue weighted by atomic mass is 10.1. The van der Waals surface area contributed by atoms with Crippen LogP contribution in [0.4, 0.5) is 5.69 Å². The summed E-state index contributed by atoms with van der Waals surface area (Å²) < 4.78 is 29.8. The van der Waals surface area contributed by atoms with Crippen LogP contribution in [0.2, 0.25) is 10.0 Å². The molecule has 3 aromatic rings. The number of nitrogens with zero attached hydrogens (tertiary/aromatic N) is 2. The van der Waals surface area contributed by atoms with Crippen LogP contribution in [0, 0.1) is 6.92 Å². The summed E-state index contributed by atoms with van der Waals surface area (Å²) in [7, 11) is -4.02. The number of carbonyl (C=O) groups excluding carboxylic acids is 1. The summed E-state index contributed by atoms with van der Waals surface area (Å²) in [5, 5.41) is 10.5. The number of anilines is 1. The molecule has 3 rings (SSSR count). The van der Waals surface area contributed by atoms with Crippen LogP contribution < -0.4 is 10.1 Å². The lowest BCUT2D eigenvalue weighted by molar-refractivity contribution is 0.101. The number of aromatic nitrogens is 1. The van der Waals surface area contributed by atoms with Crippen molar-refractivity contribution in [3.8, 4) is 0 Å². The van der Waals surface area contributed by atoms with Crippen molar-refractivity contribution in [2.45, 2.75) is 18.7 Å². The van der Waals surface area contributed by atoms with Crippen molar-refractivity contribution in [1.29, 1.82) is 0 Å². The third kappa shape index (κ3) is 5.18. The Morgan fingerprint density at radius 3 is 2.60 bits per heavy atom. The van der Waals surface area contributed by atoms with Crippen LogP contribution in [-0.4, -0.2) is 25.2 Å². The Balaban J connectivity index is 1.77. The topological polar surface area (TPSA) is 114 Å². The van der Waals surface area contributed by atoms with E-state index in [4.69, 9.17) is 27.7 Å². The van der Waals surface area contributed by atoms with E-state index in [0.717, 1.165) is 0 Å². The monoisotopic (exact) mass is 466 g/mol. The van der Waals surface area contributed by atoms with Gasteiger partial charge in [0.25, 0.3) is 15.9 Å². The van der Waals surface area contributed by atoms with Gasteiger partial charge in [-0.15, -0.1) is 0 Å². The number of benzene rings is 2. The molecule has 1 amide bonds. The second-order valence-electron chi connectivity index (χ2n) is 6.22. The summed E-state index contributed by atoms with van der Waals surface area (Å²) >= 11 is 11.8. The fourth-order valence-electron chi connectivity index (χ4n) is 2.42. The highest BCUT2D eigenvalue weighted by Crippen LogP contribution is 2.24. The summed E-state index contributed by atoms with van der Waals surface area (Å²) in [4.78, 5) is 14.2. The average Bonchev–Trinajstić information content (AvgIpc) is 3.14. The lowest BCUT2D eigenvalue weighted by Gasteiger charge is -2.09. The third-order valence-corrected chi connectivity index (χ3v) is 5.84. The molecule has 0 saturated heterocycles. The molecule has 0 aliphatic rings. The van der Waals surface area contributed by atoms with E-state index in [-0.39, 0.29) is 20.6 Å². The second-order valence-corrected chi connectivity index (χ2v) is 8.70. The summed E-state index contributed by atoms with van der Waals surface area (Å²) in [6.07, 6.45) is 0. The molecule has 0 radical (unpaired) electrons. The zero-order valence-corrected chi connectivity index (χ0v) is 18.1. The molecule has 30 heavy (non-hydrogen) atoms. The molecule has 0 spiro atoms. The first-order chi connectivity index (χ1) is 14.2. The minimum atomic E-state index is -4.02. The van der Waals surface area contributed by atoms with Crippen molar-refractivity contribution < 1.29 is 17.7 Å². The number of hydrazone groups is 1. The molecule has 0 fully saturated rings. The van der Waals surface area contributed by atoms with Gasteiger partial charge in [-0.25, -0.2) is 0 Å². The molecule has 1 heterocycles. The van der Waals surface area contributed by atoms with Gasteiger partial charge in [0, 0.05) is 16.8 Å². The van der Waals surface area contributed by atoms with E-state index in [1.165, 1.54) is 24.3 Å². The third-order valence-electron chi connectivity index (χ3n) is 3.92. The van der Waals surface area contributed by atoms with Crippen molar-refractivity contribution in [3.63, 3.8) is 0 Å². The Kier molecular flexibility index (Phi) is 6.45. The molecular formula is C19H16Cl2N4O4S. The molecule has 2 aromatic carbocycles. The van der Waals surface area contributed by atoms with Gasteiger partial charge >= 0.3 is 0 Å². The molecule has 11 heteroatoms. The number of rotatable bonds is 6. The first kappa shape index (κ1) is 21.8. The van der Waals surface area contributed by atoms with Gasteiger partial charge in [-0.2, -0.15) is 18.4 Å². The molecule has 0 atom stereocenters. The zero-order chi connectivity index (χ0) is 21.9. The summed E-state index contributed by atoms with van der Waals surface area (Å²) in [5.74, 6) is 0.0823. The summed E-state index contributed by atoms with van der Waals surface area (Å²) in [5.41, 5.74) is 1.58. The first-order valence-electron chi connectivity index (χ1n) is 8.52. The number of halogens is 2. The largest absolute Gasteiger partial charge is 0.361 e. The lowest BCUT2D eigenvalue weighted by Crippen LogP contribution is -2.20. The standard InChI is InChI=1S/C19H16Cl2N4O4S/c1-11-8-17(24-29-11)19(26)22-15-5-3-4-13(9-15)12(2)23-25-30(27,28)18-10-14(20)6-7-16(18)21/h3-10,25H,1-2H3,(H,22,26). The van der Waals surface area contributed by atoms with E-state index in [1.807, 2.05) is 0 Å². The van der Waals surface area contributed by atoms with E-state index >= 15 is 0 Å². The minimum absolute atomic E-state index is 0.0209. The van der Waals surface area contributed by atoms with Gasteiger partial charge in [-0.05, 0) is 49.7 Å². The Labute approximate surface area is 182 Å². The van der Waals surface area contributed by atoms with Gasteiger partial charge in [-0.1, -0.05) is 40.5 Å². The number of carbonyl (C=O) groups is 1. The van der Waals surface area contributed by atoms with E-state index in [9.17, 15) is 13.2 Å². The average molecular weight is 467 g/mol. The molecular weight excluding hydrogens is 451 g/mol. The Bertz CT molecular complexity index is 1240. The van der Waals surface area contributed by atoms with Gasteiger partial charge in [0.1, 0.15) is 10.7 Å². The highest BCUT2D eigenvalue weighted by atomic mass is 35.5. The Morgan fingerprint density at radius 2 is 1.90 bits per heavy atom. The molecule has 0 unspecified atom stereocenters. The van der Waals surface area contributed by atoms with Crippen LogP contribution in [0.3, 0.4) is 0 Å². The first-order valence-corrected chi connectivity index (χ1v) is 10.8. The highest BCUT2D eigenvalue weighted by molar-refractivity contribution is 7.89. The number of hydrogen-bond donors (Lipinski definition) is 2. The van der Waals surface area contributed by atoms with E-state index in [2.05, 4.69) is 20.4 Å². The quantitative estimate of drug-likeness (QED) is 0.416. The molecule has 0 bridgehead atoms. The SMILES string of the molecule is CC(=NNS(=O)(=O)c1cc(Cl)ccc1Cl)c1cccc(NC(=O)c2cc(C)on2)c1. The van der Waals surface area contributed by atoms with Crippen molar-refractivity contribution in [3.05, 3.63) is 75.6 Å². The van der Waals surface area contributed by atoms with Crippen LogP contribution in [0.5, 0.6) is 0 Å². The maximum Gasteiger partial charge on any atom is 0.278 e. The molecule has 0 aliphatic carbocycles. The molecule has 156 valence electrons. The van der Waals surface area contributed by atoms with Gasteiger partial charge in [0.05, 0.1) is 10.7 Å². The molecule has 8 nitrogen and oxygen atoms in total. The number of hydrogen-bond acceptors (Lipinski definition) is 6. The van der Waals surface area contributed by atoms with E-state index < -0.39 is 15.9 Å². The number of aryl methyl sites for hydroxylation is 1. The molecule has 2 N–H and O–H groups in total. The maximum absolute atomic E-state index is 12.5. The van der Waals surface area contributed by atoms with Crippen LogP contribution in [0.1, 0.15) is 28.7 Å². The second kappa shape index (κ2) is 8.86. The fourth-order valence-corrected chi connectivity index (χ4v) is 4.04. The molecule has 0 saturated carbocycles. The zero-order valence-electron chi connectivity index (χ0n) is 15.8. The van der Waals surface area contributed by atoms with E-state index in [0.29, 0.717) is 22.7 Å². The van der Waals surface area contributed by atoms with Gasteiger partial charge in [0.2, 0.25) is 0 Å². The van der Waals surface area contributed by atoms with Crippen LogP contribution in [0.25, 0.3) is 0 Å².